The van der Waals surface area contributed by atoms with E-state index in [-0.39, 0.29) is 71.9 Å². The first-order valence-electron chi connectivity index (χ1n) is 15.2. The molecule has 0 unspecified atom stereocenters. The van der Waals surface area contributed by atoms with Gasteiger partial charge < -0.3 is 43.2 Å². The normalized spacial score (nSPS) is 10.0. The molecule has 1 amide bonds. The van der Waals surface area contributed by atoms with Crippen LogP contribution in [0.15, 0.2) is 0 Å². The Balaban J connectivity index is -0.000000330. The molecule has 0 spiro atoms. The molecule has 0 bridgehead atoms. The highest BCUT2D eigenvalue weighted by Crippen LogP contribution is 2.22. The SMILES string of the molecule is C.C.C.C.C.C.C.C.CCSSCCOCCOCC(COCCOCCSSCC)(COCCOCCSSCC)COCCOCC(=O)NC. The van der Waals surface area contributed by atoms with E-state index < -0.39 is 5.41 Å². The maximum absolute atomic E-state index is 11.4. The van der Waals surface area contributed by atoms with Crippen molar-refractivity contribution in [3.8, 4) is 0 Å². The average Bonchev–Trinajstić information content (AvgIpc) is 3.03. The average molecular weight is 873 g/mol. The molecule has 0 aromatic rings. The van der Waals surface area contributed by atoms with Gasteiger partial charge in [-0.2, -0.15) is 0 Å². The van der Waals surface area contributed by atoms with Crippen molar-refractivity contribution in [3.05, 3.63) is 0 Å². The van der Waals surface area contributed by atoms with Crippen LogP contribution in [0, 0.1) is 5.41 Å². The molecular formula is C36H89NO9S6. The molecule has 16 heteroatoms. The second-order valence-corrected chi connectivity index (χ2v) is 17.6. The molecule has 0 aliphatic heterocycles. The van der Waals surface area contributed by atoms with E-state index in [4.69, 9.17) is 37.9 Å². The molecule has 1 N–H and O–H groups in total. The van der Waals surface area contributed by atoms with Gasteiger partial charge in [0.25, 0.3) is 0 Å². The number of rotatable bonds is 37. The Bertz CT molecular complexity index is 555. The summed E-state index contributed by atoms with van der Waals surface area (Å²) in [7, 11) is 12.6. The van der Waals surface area contributed by atoms with Crippen LogP contribution in [-0.4, -0.2) is 153 Å². The Morgan fingerprint density at radius 1 is 0.423 bits per heavy atom. The summed E-state index contributed by atoms with van der Waals surface area (Å²) in [6.45, 7) is 13.6. The molecule has 0 fully saturated rings. The monoisotopic (exact) mass is 871 g/mol. The van der Waals surface area contributed by atoms with Gasteiger partial charge in [-0.15, -0.1) is 0 Å². The summed E-state index contributed by atoms with van der Waals surface area (Å²) in [6.07, 6.45) is 0. The minimum Gasteiger partial charge on any atom is -0.378 e. The van der Waals surface area contributed by atoms with E-state index in [1.807, 2.05) is 64.8 Å². The van der Waals surface area contributed by atoms with E-state index in [1.165, 1.54) is 0 Å². The first-order valence-corrected chi connectivity index (χ1v) is 22.7. The van der Waals surface area contributed by atoms with Gasteiger partial charge in [-0.05, 0) is 0 Å². The van der Waals surface area contributed by atoms with Crippen molar-refractivity contribution in [2.45, 2.75) is 80.2 Å². The Morgan fingerprint density at radius 2 is 0.692 bits per heavy atom. The number of hydrogen-bond acceptors (Lipinski definition) is 15. The summed E-state index contributed by atoms with van der Waals surface area (Å²) in [4.78, 5) is 11.4. The standard InChI is InChI=1S/C28H57NO9S6.8CH4/c1-5-39-42-19-16-31-8-12-35-23-28(26-38-15-11-34-22-27(30)29-4,24-36-13-9-32-17-20-43-40-6-2)25-37-14-10-33-18-21-44-41-7-3;;;;;;;;/h5-26H2,1-4H3,(H,29,30);8*1H4. The molecule has 0 aliphatic rings. The van der Waals surface area contributed by atoms with E-state index in [1.54, 1.807) is 7.05 Å². The molecule has 0 heterocycles. The summed E-state index contributed by atoms with van der Waals surface area (Å²) in [5.74, 6) is 5.97. The molecule has 0 atom stereocenters. The lowest BCUT2D eigenvalue weighted by Gasteiger charge is -2.33. The Hall–Kier alpha value is 1.25. The molecule has 10 nitrogen and oxygen atoms in total. The fourth-order valence-electron chi connectivity index (χ4n) is 3.12. The summed E-state index contributed by atoms with van der Waals surface area (Å²) in [5, 5.41) is 2.54. The predicted molar refractivity (Wildman–Crippen MR) is 249 cm³/mol. The topological polar surface area (TPSA) is 103 Å². The van der Waals surface area contributed by atoms with Gasteiger partial charge in [0.2, 0.25) is 5.91 Å². The van der Waals surface area contributed by atoms with Crippen molar-refractivity contribution >= 4 is 70.7 Å². The smallest absolute Gasteiger partial charge is 0.245 e. The van der Waals surface area contributed by atoms with Crippen LogP contribution in [0.3, 0.4) is 0 Å². The Labute approximate surface area is 349 Å². The van der Waals surface area contributed by atoms with Crippen molar-refractivity contribution in [1.82, 2.24) is 5.32 Å². The van der Waals surface area contributed by atoms with Crippen molar-refractivity contribution in [3.63, 3.8) is 0 Å². The highest BCUT2D eigenvalue weighted by Gasteiger charge is 2.32. The number of carbonyl (C=O) groups is 1. The Morgan fingerprint density at radius 3 is 0.962 bits per heavy atom. The maximum Gasteiger partial charge on any atom is 0.245 e. The number of carbonyl (C=O) groups excluding carboxylic acids is 1. The molecular weight excluding hydrogens is 783 g/mol. The summed E-state index contributed by atoms with van der Waals surface area (Å²) in [5.41, 5.74) is -0.546. The van der Waals surface area contributed by atoms with E-state index in [0.717, 1.165) is 34.5 Å². The van der Waals surface area contributed by atoms with Gasteiger partial charge in [0.15, 0.2) is 0 Å². The van der Waals surface area contributed by atoms with Crippen LogP contribution in [0.1, 0.15) is 80.2 Å². The maximum atomic E-state index is 11.4. The highest BCUT2D eigenvalue weighted by atomic mass is 33.1. The van der Waals surface area contributed by atoms with Gasteiger partial charge in [-0.1, -0.05) is 145 Å². The molecule has 0 aromatic carbocycles. The minimum atomic E-state index is -0.546. The second kappa shape index (κ2) is 61.5. The van der Waals surface area contributed by atoms with Gasteiger partial charge in [-0.3, -0.25) is 4.79 Å². The second-order valence-electron chi connectivity index (χ2n) is 8.96. The quantitative estimate of drug-likeness (QED) is 0.0473. The number of hydrogen-bond donors (Lipinski definition) is 1. The fraction of sp³-hybridized carbons (Fsp3) is 0.972. The third kappa shape index (κ3) is 53.4. The Kier molecular flexibility index (Phi) is 87.8. The first kappa shape index (κ1) is 74.2. The van der Waals surface area contributed by atoms with E-state index >= 15 is 0 Å². The summed E-state index contributed by atoms with van der Waals surface area (Å²) >= 11 is 0. The van der Waals surface area contributed by atoms with Crippen LogP contribution in [0.2, 0.25) is 0 Å². The lowest BCUT2D eigenvalue weighted by Crippen LogP contribution is -2.43. The van der Waals surface area contributed by atoms with Crippen molar-refractivity contribution in [2.75, 3.05) is 147 Å². The zero-order valence-electron chi connectivity index (χ0n) is 27.2. The van der Waals surface area contributed by atoms with Crippen LogP contribution < -0.4 is 5.32 Å². The zero-order chi connectivity index (χ0) is 32.2. The van der Waals surface area contributed by atoms with Crippen LogP contribution in [0.5, 0.6) is 0 Å². The fourth-order valence-corrected chi connectivity index (χ4v) is 7.71. The first-order chi connectivity index (χ1) is 21.6. The third-order valence-corrected chi connectivity index (χ3v) is 12.5. The summed E-state index contributed by atoms with van der Waals surface area (Å²) in [6, 6.07) is 0. The van der Waals surface area contributed by atoms with Crippen LogP contribution in [-0.2, 0) is 42.7 Å². The summed E-state index contributed by atoms with van der Waals surface area (Å²) < 4.78 is 46.8. The predicted octanol–water partition coefficient (Wildman–Crippen LogP) is 10.1. The molecule has 0 rings (SSSR count). The van der Waals surface area contributed by atoms with Crippen molar-refractivity contribution in [2.24, 2.45) is 5.41 Å². The third-order valence-electron chi connectivity index (χ3n) is 5.17. The number of amides is 1. The van der Waals surface area contributed by atoms with Gasteiger partial charge in [-0.25, -0.2) is 0 Å². The lowest BCUT2D eigenvalue weighted by molar-refractivity contribution is -0.128. The van der Waals surface area contributed by atoms with Crippen LogP contribution >= 0.6 is 64.8 Å². The minimum absolute atomic E-state index is 0. The van der Waals surface area contributed by atoms with Gasteiger partial charge >= 0.3 is 0 Å². The van der Waals surface area contributed by atoms with Crippen LogP contribution in [0.25, 0.3) is 0 Å². The molecule has 0 saturated carbocycles. The van der Waals surface area contributed by atoms with Crippen molar-refractivity contribution < 1.29 is 42.7 Å². The molecule has 0 saturated heterocycles. The van der Waals surface area contributed by atoms with Crippen molar-refractivity contribution in [1.29, 1.82) is 0 Å². The molecule has 0 aromatic heterocycles. The van der Waals surface area contributed by atoms with Gasteiger partial charge in [0.1, 0.15) is 6.61 Å². The molecule has 52 heavy (non-hydrogen) atoms. The number of ether oxygens (including phenoxy) is 8. The van der Waals surface area contributed by atoms with E-state index in [2.05, 4.69) is 26.1 Å². The van der Waals surface area contributed by atoms with E-state index in [9.17, 15) is 4.79 Å². The molecule has 0 aliphatic carbocycles. The van der Waals surface area contributed by atoms with E-state index in [0.29, 0.717) is 99.1 Å². The number of nitrogens with one attached hydrogen (secondary N) is 1. The molecule has 0 radical (unpaired) electrons. The highest BCUT2D eigenvalue weighted by molar-refractivity contribution is 8.77. The van der Waals surface area contributed by atoms with Gasteiger partial charge in [0, 0.05) is 41.6 Å². The number of likely N-dealkylation sites (N-methyl/N-ethyl adjacent to an activating group) is 1. The van der Waals surface area contributed by atoms with Gasteiger partial charge in [0.05, 0.1) is 105 Å². The molecule has 328 valence electrons. The lowest BCUT2D eigenvalue weighted by atomic mass is 9.92. The largest absolute Gasteiger partial charge is 0.378 e. The zero-order valence-corrected chi connectivity index (χ0v) is 32.1. The van der Waals surface area contributed by atoms with Crippen LogP contribution in [0.4, 0.5) is 0 Å².